The van der Waals surface area contributed by atoms with Crippen LogP contribution >= 0.6 is 0 Å². The molecule has 1 aliphatic carbocycles. The van der Waals surface area contributed by atoms with E-state index in [-0.39, 0.29) is 5.97 Å². The smallest absolute Gasteiger partial charge is 0.338 e. The van der Waals surface area contributed by atoms with Gasteiger partial charge in [-0.2, -0.15) is 0 Å². The van der Waals surface area contributed by atoms with Crippen molar-refractivity contribution in [2.45, 2.75) is 33.6 Å². The van der Waals surface area contributed by atoms with E-state index >= 15 is 0 Å². The van der Waals surface area contributed by atoms with Crippen LogP contribution in [0.5, 0.6) is 0 Å². The third-order valence-electron chi connectivity index (χ3n) is 3.44. The molecule has 0 radical (unpaired) electrons. The lowest BCUT2D eigenvalue weighted by Gasteiger charge is -2.14. The molecule has 0 aromatic carbocycles. The molecule has 19 heavy (non-hydrogen) atoms. The number of allylic oxidation sites excluding steroid dienone is 1. The van der Waals surface area contributed by atoms with Crippen molar-refractivity contribution in [3.05, 3.63) is 46.3 Å². The van der Waals surface area contributed by atoms with Crippen molar-refractivity contribution in [3.8, 4) is 0 Å². The maximum atomic E-state index is 11.9. The Hall–Kier alpha value is -1.90. The second-order valence-corrected chi connectivity index (χ2v) is 4.77. The third kappa shape index (κ3) is 2.92. The van der Waals surface area contributed by atoms with Crippen LogP contribution in [-0.4, -0.2) is 17.6 Å². The van der Waals surface area contributed by atoms with Gasteiger partial charge in [-0.05, 0) is 56.4 Å². The first kappa shape index (κ1) is 13.5. The maximum Gasteiger partial charge on any atom is 0.338 e. The van der Waals surface area contributed by atoms with Crippen molar-refractivity contribution < 1.29 is 9.53 Å². The first-order valence-electron chi connectivity index (χ1n) is 6.62. The Balaban J connectivity index is 2.38. The molecule has 3 heteroatoms. The van der Waals surface area contributed by atoms with Crippen molar-refractivity contribution in [2.75, 3.05) is 6.61 Å². The molecular formula is C16H19NO2. The van der Waals surface area contributed by atoms with Crippen LogP contribution in [0.1, 0.15) is 37.0 Å². The molecule has 0 atom stereocenters. The monoisotopic (exact) mass is 257 g/mol. The number of pyridine rings is 1. The highest BCUT2D eigenvalue weighted by molar-refractivity contribution is 5.94. The Morgan fingerprint density at radius 3 is 2.79 bits per heavy atom. The molecule has 1 heterocycles. The van der Waals surface area contributed by atoms with Crippen molar-refractivity contribution in [1.29, 1.82) is 0 Å². The Labute approximate surface area is 114 Å². The van der Waals surface area contributed by atoms with Gasteiger partial charge in [-0.3, -0.25) is 4.98 Å². The molecule has 0 amide bonds. The van der Waals surface area contributed by atoms with Crippen LogP contribution in [-0.2, 0) is 16.0 Å². The molecule has 0 unspecified atom stereocenters. The number of rotatable bonds is 2. The molecule has 0 fully saturated rings. The molecular weight excluding hydrogens is 238 g/mol. The van der Waals surface area contributed by atoms with Gasteiger partial charge in [0, 0.05) is 12.4 Å². The lowest BCUT2D eigenvalue weighted by Crippen LogP contribution is -2.10. The summed E-state index contributed by atoms with van der Waals surface area (Å²) in [5.41, 5.74) is 5.36. The van der Waals surface area contributed by atoms with Crippen LogP contribution in [0.3, 0.4) is 0 Å². The van der Waals surface area contributed by atoms with E-state index in [2.05, 4.69) is 11.9 Å². The number of aromatic nitrogens is 1. The molecule has 2 rings (SSSR count). The van der Waals surface area contributed by atoms with Crippen LogP contribution in [0.25, 0.3) is 6.08 Å². The minimum atomic E-state index is -0.236. The fourth-order valence-electron chi connectivity index (χ4n) is 2.31. The van der Waals surface area contributed by atoms with E-state index < -0.39 is 0 Å². The summed E-state index contributed by atoms with van der Waals surface area (Å²) >= 11 is 0. The summed E-state index contributed by atoms with van der Waals surface area (Å²) in [6, 6.07) is 0. The van der Waals surface area contributed by atoms with Gasteiger partial charge in [-0.25, -0.2) is 4.79 Å². The summed E-state index contributed by atoms with van der Waals surface area (Å²) in [6.07, 6.45) is 9.36. The lowest BCUT2D eigenvalue weighted by atomic mass is 9.93. The standard InChI is InChI=1S/C16H19NO2/c1-4-19-16(18)15-8-6-13-10-17-9-12(3)14(13)7-5-11(15)2/h6,8-10H,4-5,7H2,1-3H3/b8-6-,15-11-. The number of hydrogen-bond acceptors (Lipinski definition) is 3. The molecule has 0 aliphatic heterocycles. The molecule has 100 valence electrons. The summed E-state index contributed by atoms with van der Waals surface area (Å²) in [6.45, 7) is 6.30. The molecule has 1 aliphatic rings. The van der Waals surface area contributed by atoms with Crippen molar-refractivity contribution in [1.82, 2.24) is 4.98 Å². The predicted octanol–water partition coefficient (Wildman–Crippen LogP) is 3.23. The quantitative estimate of drug-likeness (QED) is 0.764. The number of fused-ring (bicyclic) bond motifs is 1. The minimum absolute atomic E-state index is 0.236. The first-order valence-corrected chi connectivity index (χ1v) is 6.62. The molecule has 1 aromatic rings. The zero-order valence-corrected chi connectivity index (χ0v) is 11.7. The van der Waals surface area contributed by atoms with E-state index in [1.54, 1.807) is 0 Å². The maximum absolute atomic E-state index is 11.9. The third-order valence-corrected chi connectivity index (χ3v) is 3.44. The van der Waals surface area contributed by atoms with Gasteiger partial charge in [-0.15, -0.1) is 0 Å². The number of ether oxygens (including phenoxy) is 1. The SMILES string of the molecule is CCOC(=O)C1=C(/C)CCc2c(C)cncc2/C=C\1. The highest BCUT2D eigenvalue weighted by atomic mass is 16.5. The normalized spacial score (nSPS) is 20.2. The van der Waals surface area contributed by atoms with E-state index in [9.17, 15) is 4.79 Å². The first-order chi connectivity index (χ1) is 9.13. The number of carbonyl (C=O) groups is 1. The van der Waals surface area contributed by atoms with Gasteiger partial charge >= 0.3 is 5.97 Å². The van der Waals surface area contributed by atoms with Crippen LogP contribution < -0.4 is 0 Å². The van der Waals surface area contributed by atoms with E-state index in [4.69, 9.17) is 4.74 Å². The zero-order chi connectivity index (χ0) is 13.8. The van der Waals surface area contributed by atoms with Crippen LogP contribution in [0.2, 0.25) is 0 Å². The number of aryl methyl sites for hydroxylation is 1. The van der Waals surface area contributed by atoms with Gasteiger partial charge in [0.1, 0.15) is 0 Å². The Kier molecular flexibility index (Phi) is 4.15. The van der Waals surface area contributed by atoms with Gasteiger partial charge in [-0.1, -0.05) is 11.6 Å². The highest BCUT2D eigenvalue weighted by Crippen LogP contribution is 2.24. The summed E-state index contributed by atoms with van der Waals surface area (Å²) in [7, 11) is 0. The van der Waals surface area contributed by atoms with Crippen molar-refractivity contribution in [3.63, 3.8) is 0 Å². The fourth-order valence-corrected chi connectivity index (χ4v) is 2.31. The molecule has 3 nitrogen and oxygen atoms in total. The van der Waals surface area contributed by atoms with Crippen LogP contribution in [0.4, 0.5) is 0 Å². The van der Waals surface area contributed by atoms with E-state index in [1.165, 1.54) is 11.1 Å². The van der Waals surface area contributed by atoms with Gasteiger partial charge in [0.25, 0.3) is 0 Å². The number of carbonyl (C=O) groups excluding carboxylic acids is 1. The predicted molar refractivity (Wildman–Crippen MR) is 75.7 cm³/mol. The number of hydrogen-bond donors (Lipinski definition) is 0. The average Bonchev–Trinajstić information content (AvgIpc) is 2.36. The number of esters is 1. The van der Waals surface area contributed by atoms with Crippen molar-refractivity contribution >= 4 is 12.0 Å². The summed E-state index contributed by atoms with van der Waals surface area (Å²) < 4.78 is 5.10. The van der Waals surface area contributed by atoms with Crippen LogP contribution in [0.15, 0.2) is 29.6 Å². The van der Waals surface area contributed by atoms with Gasteiger partial charge < -0.3 is 4.74 Å². The topological polar surface area (TPSA) is 39.2 Å². The molecule has 0 spiro atoms. The molecule has 0 N–H and O–H groups in total. The average molecular weight is 257 g/mol. The zero-order valence-electron chi connectivity index (χ0n) is 11.7. The second-order valence-electron chi connectivity index (χ2n) is 4.77. The molecule has 0 bridgehead atoms. The van der Waals surface area contributed by atoms with E-state index in [1.807, 2.05) is 38.4 Å². The number of nitrogens with zero attached hydrogens (tertiary/aromatic N) is 1. The molecule has 0 saturated heterocycles. The van der Waals surface area contributed by atoms with Gasteiger partial charge in [0.05, 0.1) is 12.2 Å². The summed E-state index contributed by atoms with van der Waals surface area (Å²) in [4.78, 5) is 16.1. The van der Waals surface area contributed by atoms with Gasteiger partial charge in [0.2, 0.25) is 0 Å². The van der Waals surface area contributed by atoms with Gasteiger partial charge in [0.15, 0.2) is 0 Å². The Bertz CT molecular complexity index is 556. The summed E-state index contributed by atoms with van der Waals surface area (Å²) in [5, 5.41) is 0. The lowest BCUT2D eigenvalue weighted by molar-refractivity contribution is -0.138. The van der Waals surface area contributed by atoms with E-state index in [0.29, 0.717) is 12.2 Å². The Morgan fingerprint density at radius 1 is 1.26 bits per heavy atom. The van der Waals surface area contributed by atoms with E-state index in [0.717, 1.165) is 24.0 Å². The Morgan fingerprint density at radius 2 is 2.05 bits per heavy atom. The molecule has 0 saturated carbocycles. The highest BCUT2D eigenvalue weighted by Gasteiger charge is 2.15. The minimum Gasteiger partial charge on any atom is -0.462 e. The fraction of sp³-hybridized carbons (Fsp3) is 0.375. The second kappa shape index (κ2) is 5.83. The molecule has 1 aromatic heterocycles. The largest absolute Gasteiger partial charge is 0.462 e. The van der Waals surface area contributed by atoms with Crippen LogP contribution in [0, 0.1) is 6.92 Å². The summed E-state index contributed by atoms with van der Waals surface area (Å²) in [5.74, 6) is -0.236. The van der Waals surface area contributed by atoms with Crippen molar-refractivity contribution in [2.24, 2.45) is 0 Å².